The zero-order chi connectivity index (χ0) is 20.0. The van der Waals surface area contributed by atoms with Gasteiger partial charge in [-0.25, -0.2) is 0 Å². The van der Waals surface area contributed by atoms with Crippen LogP contribution >= 0.6 is 0 Å². The van der Waals surface area contributed by atoms with E-state index in [-0.39, 0.29) is 12.5 Å². The molecular weight excluding hydrogens is 346 g/mol. The third-order valence-corrected chi connectivity index (χ3v) is 4.12. The quantitative estimate of drug-likeness (QED) is 0.768. The van der Waals surface area contributed by atoms with E-state index in [0.717, 1.165) is 16.7 Å². The van der Waals surface area contributed by atoms with Crippen molar-refractivity contribution in [2.75, 3.05) is 21.3 Å². The Balaban J connectivity index is 2.06. The summed E-state index contributed by atoms with van der Waals surface area (Å²) in [5.41, 5.74) is 2.96. The lowest BCUT2D eigenvalue weighted by Gasteiger charge is -2.18. The molecule has 0 fully saturated rings. The van der Waals surface area contributed by atoms with Crippen LogP contribution in [0.1, 0.15) is 23.6 Å². The monoisotopic (exact) mass is 373 g/mol. The fraction of sp³-hybridized carbons (Fsp3) is 0.381. The van der Waals surface area contributed by atoms with E-state index in [1.165, 1.54) is 0 Å². The van der Waals surface area contributed by atoms with Crippen LogP contribution in [0.25, 0.3) is 0 Å². The van der Waals surface area contributed by atoms with Crippen molar-refractivity contribution in [2.24, 2.45) is 0 Å². The van der Waals surface area contributed by atoms with E-state index >= 15 is 0 Å². The van der Waals surface area contributed by atoms with E-state index in [4.69, 9.17) is 18.9 Å². The van der Waals surface area contributed by atoms with E-state index in [0.29, 0.717) is 23.0 Å². The van der Waals surface area contributed by atoms with Crippen molar-refractivity contribution < 1.29 is 23.7 Å². The number of ether oxygens (including phenoxy) is 4. The molecule has 6 nitrogen and oxygen atoms in total. The van der Waals surface area contributed by atoms with Crippen LogP contribution in [-0.4, -0.2) is 33.3 Å². The second kappa shape index (κ2) is 9.16. The second-order valence-electron chi connectivity index (χ2n) is 6.29. The Morgan fingerprint density at radius 1 is 0.963 bits per heavy atom. The molecule has 0 saturated carbocycles. The minimum atomic E-state index is -0.627. The number of amides is 1. The largest absolute Gasteiger partial charge is 0.493 e. The number of hydrogen-bond donors (Lipinski definition) is 1. The van der Waals surface area contributed by atoms with Crippen LogP contribution in [0.3, 0.4) is 0 Å². The minimum absolute atomic E-state index is 0.217. The molecule has 0 bridgehead atoms. The fourth-order valence-electron chi connectivity index (χ4n) is 2.89. The molecule has 0 heterocycles. The molecule has 27 heavy (non-hydrogen) atoms. The predicted octanol–water partition coefficient (Wildman–Crippen LogP) is 3.41. The summed E-state index contributed by atoms with van der Waals surface area (Å²) in [6.07, 6.45) is -0.627. The summed E-state index contributed by atoms with van der Waals surface area (Å²) >= 11 is 0. The van der Waals surface area contributed by atoms with Gasteiger partial charge in [-0.1, -0.05) is 6.07 Å². The molecule has 1 N–H and O–H groups in total. The van der Waals surface area contributed by atoms with Gasteiger partial charge in [0.25, 0.3) is 5.91 Å². The summed E-state index contributed by atoms with van der Waals surface area (Å²) in [5.74, 6) is 2.05. The number of carbonyl (C=O) groups excluding carboxylic acids is 1. The molecule has 0 aliphatic rings. The van der Waals surface area contributed by atoms with Gasteiger partial charge in [0.05, 0.1) is 21.3 Å². The maximum atomic E-state index is 12.4. The molecule has 1 amide bonds. The maximum absolute atomic E-state index is 12.4. The van der Waals surface area contributed by atoms with Crippen LogP contribution in [0.4, 0.5) is 0 Å². The van der Waals surface area contributed by atoms with Crippen molar-refractivity contribution in [1.29, 1.82) is 0 Å². The third-order valence-electron chi connectivity index (χ3n) is 4.12. The normalized spacial score (nSPS) is 11.5. The molecule has 2 aromatic carbocycles. The van der Waals surface area contributed by atoms with Crippen molar-refractivity contribution in [1.82, 2.24) is 5.32 Å². The highest BCUT2D eigenvalue weighted by atomic mass is 16.5. The minimum Gasteiger partial charge on any atom is -0.493 e. The van der Waals surface area contributed by atoms with Crippen LogP contribution in [0.2, 0.25) is 0 Å². The SMILES string of the molecule is COc1ccc(CNC(=O)C(C)Oc2cc(C)cc(C)c2)c(OC)c1OC. The van der Waals surface area contributed by atoms with Crippen molar-refractivity contribution >= 4 is 5.91 Å². The van der Waals surface area contributed by atoms with E-state index in [2.05, 4.69) is 11.4 Å². The number of methoxy groups -OCH3 is 3. The molecule has 1 unspecified atom stereocenters. The van der Waals surface area contributed by atoms with Crippen LogP contribution in [0.15, 0.2) is 30.3 Å². The zero-order valence-electron chi connectivity index (χ0n) is 16.7. The molecule has 0 spiro atoms. The zero-order valence-corrected chi connectivity index (χ0v) is 16.7. The Morgan fingerprint density at radius 2 is 1.59 bits per heavy atom. The Labute approximate surface area is 160 Å². The highest BCUT2D eigenvalue weighted by Crippen LogP contribution is 2.39. The van der Waals surface area contributed by atoms with Crippen molar-refractivity contribution in [3.05, 3.63) is 47.0 Å². The summed E-state index contributed by atoms with van der Waals surface area (Å²) < 4.78 is 21.9. The summed E-state index contributed by atoms with van der Waals surface area (Å²) in [5, 5.41) is 2.87. The molecule has 0 aliphatic carbocycles. The molecule has 2 rings (SSSR count). The van der Waals surface area contributed by atoms with Gasteiger partial charge in [0.2, 0.25) is 5.75 Å². The molecule has 1 atom stereocenters. The van der Waals surface area contributed by atoms with E-state index in [9.17, 15) is 4.79 Å². The topological polar surface area (TPSA) is 66.0 Å². The van der Waals surface area contributed by atoms with Crippen LogP contribution < -0.4 is 24.3 Å². The average Bonchev–Trinajstić information content (AvgIpc) is 2.63. The molecule has 0 aliphatic heterocycles. The van der Waals surface area contributed by atoms with Crippen molar-refractivity contribution in [2.45, 2.75) is 33.4 Å². The summed E-state index contributed by atoms with van der Waals surface area (Å²) in [6.45, 7) is 5.99. The Kier molecular flexibility index (Phi) is 6.93. The first-order valence-electron chi connectivity index (χ1n) is 8.70. The lowest BCUT2D eigenvalue weighted by atomic mass is 10.1. The number of rotatable bonds is 8. The lowest BCUT2D eigenvalue weighted by molar-refractivity contribution is -0.127. The highest BCUT2D eigenvalue weighted by Gasteiger charge is 2.19. The van der Waals surface area contributed by atoms with Crippen LogP contribution in [-0.2, 0) is 11.3 Å². The standard InChI is InChI=1S/C21H27NO5/c1-13-9-14(2)11-17(10-13)27-15(3)21(23)22-12-16-7-8-18(24-4)20(26-6)19(16)25-5/h7-11,15H,12H2,1-6H3,(H,22,23). The molecule has 146 valence electrons. The van der Waals surface area contributed by atoms with Gasteiger partial charge in [0.15, 0.2) is 17.6 Å². The van der Waals surface area contributed by atoms with Gasteiger partial charge in [-0.2, -0.15) is 0 Å². The molecular formula is C21H27NO5. The first-order chi connectivity index (χ1) is 12.9. The number of carbonyl (C=O) groups is 1. The molecule has 0 saturated heterocycles. The molecule has 6 heteroatoms. The average molecular weight is 373 g/mol. The highest BCUT2D eigenvalue weighted by molar-refractivity contribution is 5.80. The smallest absolute Gasteiger partial charge is 0.261 e. The van der Waals surface area contributed by atoms with Gasteiger partial charge in [0.1, 0.15) is 5.75 Å². The molecule has 0 radical (unpaired) electrons. The fourth-order valence-corrected chi connectivity index (χ4v) is 2.89. The number of benzene rings is 2. The van der Waals surface area contributed by atoms with Crippen molar-refractivity contribution in [3.63, 3.8) is 0 Å². The second-order valence-corrected chi connectivity index (χ2v) is 6.29. The van der Waals surface area contributed by atoms with Crippen molar-refractivity contribution in [3.8, 4) is 23.0 Å². The van der Waals surface area contributed by atoms with Crippen LogP contribution in [0.5, 0.6) is 23.0 Å². The Bertz CT molecular complexity index is 783. The van der Waals surface area contributed by atoms with E-state index < -0.39 is 6.10 Å². The summed E-state index contributed by atoms with van der Waals surface area (Å²) in [7, 11) is 4.65. The number of nitrogens with one attached hydrogen (secondary N) is 1. The predicted molar refractivity (Wildman–Crippen MR) is 104 cm³/mol. The van der Waals surface area contributed by atoms with Crippen LogP contribution in [0, 0.1) is 13.8 Å². The van der Waals surface area contributed by atoms with Gasteiger partial charge >= 0.3 is 0 Å². The van der Waals surface area contributed by atoms with Gasteiger partial charge in [-0.15, -0.1) is 0 Å². The Morgan fingerprint density at radius 3 is 2.15 bits per heavy atom. The molecule has 0 aromatic heterocycles. The van der Waals surface area contributed by atoms with Gasteiger partial charge in [0, 0.05) is 12.1 Å². The van der Waals surface area contributed by atoms with E-state index in [1.807, 2.05) is 32.0 Å². The first-order valence-corrected chi connectivity index (χ1v) is 8.70. The molecule has 2 aromatic rings. The number of aryl methyl sites for hydroxylation is 2. The van der Waals surface area contributed by atoms with E-state index in [1.54, 1.807) is 34.3 Å². The van der Waals surface area contributed by atoms with Gasteiger partial charge < -0.3 is 24.3 Å². The van der Waals surface area contributed by atoms with Gasteiger partial charge in [-0.05, 0) is 56.2 Å². The lowest BCUT2D eigenvalue weighted by Crippen LogP contribution is -2.36. The van der Waals surface area contributed by atoms with Gasteiger partial charge in [-0.3, -0.25) is 4.79 Å². The maximum Gasteiger partial charge on any atom is 0.261 e. The first kappa shape index (κ1) is 20.4. The number of hydrogen-bond acceptors (Lipinski definition) is 5. The summed E-state index contributed by atoms with van der Waals surface area (Å²) in [4.78, 5) is 12.4. The summed E-state index contributed by atoms with van der Waals surface area (Å²) in [6, 6.07) is 9.48. The third kappa shape index (κ3) is 5.06. The Hall–Kier alpha value is -2.89.